The zero-order chi connectivity index (χ0) is 12.4. The maximum atomic E-state index is 10.8. The summed E-state index contributed by atoms with van der Waals surface area (Å²) in [6.07, 6.45) is 2.45. The molecule has 1 aliphatic heterocycles. The fraction of sp³-hybridized carbons (Fsp3) is 0.800. The summed E-state index contributed by atoms with van der Waals surface area (Å²) in [7, 11) is 0. The van der Waals surface area contributed by atoms with Gasteiger partial charge in [-0.2, -0.15) is 4.80 Å². The molecule has 94 valence electrons. The molecule has 3 atom stereocenters. The maximum absolute atomic E-state index is 10.8. The number of amides is 1. The van der Waals surface area contributed by atoms with E-state index in [2.05, 4.69) is 29.3 Å². The molecule has 1 fully saturated rings. The fourth-order valence-electron chi connectivity index (χ4n) is 2.34. The number of tetrazole rings is 1. The molecule has 7 nitrogen and oxygen atoms in total. The molecule has 17 heavy (non-hydrogen) atoms. The number of hydrogen-bond donors (Lipinski definition) is 1. The van der Waals surface area contributed by atoms with Gasteiger partial charge in [0.15, 0.2) is 0 Å². The average molecular weight is 239 g/mol. The number of primary amides is 1. The number of rotatable bonds is 3. The second-order valence-corrected chi connectivity index (χ2v) is 4.63. The molecule has 0 spiro atoms. The second-order valence-electron chi connectivity index (χ2n) is 4.63. The largest absolute Gasteiger partial charge is 0.376 e. The number of ether oxygens (including phenoxy) is 1. The minimum atomic E-state index is -0.648. The number of aromatic nitrogens is 4. The number of carbonyl (C=O) groups is 1. The molecule has 0 radical (unpaired) electrons. The standard InChI is InChI=1S/C10H17N5O2/c1-6-3-8(4-7(2)17-6)5-15-13-10(9(11)16)12-14-15/h6-8H,3-5H2,1-2H3,(H2,11,16)/t6-,7+,8?. The minimum absolute atomic E-state index is 0.0295. The number of nitrogens with two attached hydrogens (primary N) is 1. The molecule has 0 aromatic carbocycles. The maximum Gasteiger partial charge on any atom is 0.290 e. The first-order valence-corrected chi connectivity index (χ1v) is 5.77. The number of carbonyl (C=O) groups excluding carboxylic acids is 1. The molecule has 1 unspecified atom stereocenters. The van der Waals surface area contributed by atoms with Gasteiger partial charge in [0.25, 0.3) is 11.7 Å². The summed E-state index contributed by atoms with van der Waals surface area (Å²) in [6.45, 7) is 4.77. The minimum Gasteiger partial charge on any atom is -0.376 e. The highest BCUT2D eigenvalue weighted by Gasteiger charge is 2.25. The predicted octanol–water partition coefficient (Wildman–Crippen LogP) is -0.0244. The molecule has 0 bridgehead atoms. The van der Waals surface area contributed by atoms with Crippen LogP contribution in [0.1, 0.15) is 37.3 Å². The van der Waals surface area contributed by atoms with Crippen molar-refractivity contribution in [2.75, 3.05) is 0 Å². The van der Waals surface area contributed by atoms with Crippen molar-refractivity contribution < 1.29 is 9.53 Å². The highest BCUT2D eigenvalue weighted by molar-refractivity contribution is 5.88. The van der Waals surface area contributed by atoms with Crippen LogP contribution >= 0.6 is 0 Å². The Balaban J connectivity index is 1.97. The van der Waals surface area contributed by atoms with E-state index in [9.17, 15) is 4.79 Å². The van der Waals surface area contributed by atoms with E-state index in [0.29, 0.717) is 12.5 Å². The Kier molecular flexibility index (Phi) is 3.37. The molecule has 1 aromatic rings. The summed E-state index contributed by atoms with van der Waals surface area (Å²) in [5, 5.41) is 11.3. The fourth-order valence-corrected chi connectivity index (χ4v) is 2.34. The molecule has 2 rings (SSSR count). The third kappa shape index (κ3) is 3.00. The number of nitrogens with zero attached hydrogens (tertiary/aromatic N) is 4. The molecule has 0 saturated carbocycles. The Hall–Kier alpha value is -1.50. The van der Waals surface area contributed by atoms with Gasteiger partial charge in [-0.05, 0) is 37.8 Å². The Morgan fingerprint density at radius 2 is 2.12 bits per heavy atom. The molecule has 0 aliphatic carbocycles. The lowest BCUT2D eigenvalue weighted by molar-refractivity contribution is -0.0561. The Morgan fingerprint density at radius 3 is 2.65 bits per heavy atom. The SMILES string of the molecule is C[C@@H]1CC(Cn2nnc(C(N)=O)n2)C[C@H](C)O1. The van der Waals surface area contributed by atoms with Gasteiger partial charge in [-0.15, -0.1) is 10.2 Å². The number of hydrogen-bond acceptors (Lipinski definition) is 5. The van der Waals surface area contributed by atoms with E-state index in [1.165, 1.54) is 4.80 Å². The lowest BCUT2D eigenvalue weighted by atomic mass is 9.93. The van der Waals surface area contributed by atoms with Crippen molar-refractivity contribution in [2.45, 2.75) is 45.4 Å². The van der Waals surface area contributed by atoms with Crippen LogP contribution in [-0.4, -0.2) is 38.3 Å². The van der Waals surface area contributed by atoms with Crippen LogP contribution in [0.5, 0.6) is 0 Å². The molecule has 2 heterocycles. The molecule has 7 heteroatoms. The molecule has 1 saturated heterocycles. The quantitative estimate of drug-likeness (QED) is 0.799. The zero-order valence-corrected chi connectivity index (χ0v) is 10.0. The van der Waals surface area contributed by atoms with Crippen molar-refractivity contribution in [2.24, 2.45) is 11.7 Å². The van der Waals surface area contributed by atoms with E-state index in [-0.39, 0.29) is 18.0 Å². The van der Waals surface area contributed by atoms with Crippen LogP contribution < -0.4 is 5.73 Å². The van der Waals surface area contributed by atoms with E-state index < -0.39 is 5.91 Å². The van der Waals surface area contributed by atoms with Crippen molar-refractivity contribution in [1.82, 2.24) is 20.2 Å². The molecule has 1 aliphatic rings. The van der Waals surface area contributed by atoms with Crippen molar-refractivity contribution in [3.8, 4) is 0 Å². The van der Waals surface area contributed by atoms with Gasteiger partial charge in [-0.1, -0.05) is 0 Å². The molecule has 1 amide bonds. The van der Waals surface area contributed by atoms with Crippen molar-refractivity contribution in [1.29, 1.82) is 0 Å². The van der Waals surface area contributed by atoms with Crippen LogP contribution in [0.3, 0.4) is 0 Å². The van der Waals surface area contributed by atoms with Crippen LogP contribution in [0.2, 0.25) is 0 Å². The second kappa shape index (κ2) is 4.79. The summed E-state index contributed by atoms with van der Waals surface area (Å²) in [6, 6.07) is 0. The van der Waals surface area contributed by atoms with Gasteiger partial charge < -0.3 is 10.5 Å². The highest BCUT2D eigenvalue weighted by atomic mass is 16.5. The first kappa shape index (κ1) is 12.0. The van der Waals surface area contributed by atoms with Crippen LogP contribution in [0.4, 0.5) is 0 Å². The molecule has 1 aromatic heterocycles. The van der Waals surface area contributed by atoms with Gasteiger partial charge in [0.05, 0.1) is 18.8 Å². The van der Waals surface area contributed by atoms with E-state index in [1.807, 2.05) is 0 Å². The Bertz CT molecular complexity index is 395. The van der Waals surface area contributed by atoms with Gasteiger partial charge in [0.1, 0.15) is 0 Å². The van der Waals surface area contributed by atoms with E-state index in [4.69, 9.17) is 10.5 Å². The predicted molar refractivity (Wildman–Crippen MR) is 59.1 cm³/mol. The van der Waals surface area contributed by atoms with E-state index >= 15 is 0 Å². The van der Waals surface area contributed by atoms with Gasteiger partial charge in [-0.25, -0.2) is 0 Å². The van der Waals surface area contributed by atoms with Crippen LogP contribution in [0.15, 0.2) is 0 Å². The van der Waals surface area contributed by atoms with E-state index in [0.717, 1.165) is 12.8 Å². The summed E-state index contributed by atoms with van der Waals surface area (Å²) < 4.78 is 5.66. The highest BCUT2D eigenvalue weighted by Crippen LogP contribution is 2.25. The van der Waals surface area contributed by atoms with Gasteiger partial charge in [-0.3, -0.25) is 4.79 Å². The van der Waals surface area contributed by atoms with Gasteiger partial charge in [0.2, 0.25) is 0 Å². The van der Waals surface area contributed by atoms with Crippen LogP contribution in [-0.2, 0) is 11.3 Å². The summed E-state index contributed by atoms with van der Waals surface area (Å²) in [5.41, 5.74) is 5.07. The summed E-state index contributed by atoms with van der Waals surface area (Å²) >= 11 is 0. The molecular formula is C10H17N5O2. The van der Waals surface area contributed by atoms with Crippen LogP contribution in [0, 0.1) is 5.92 Å². The molecular weight excluding hydrogens is 222 g/mol. The summed E-state index contributed by atoms with van der Waals surface area (Å²) in [5.74, 6) is -0.230. The van der Waals surface area contributed by atoms with Crippen molar-refractivity contribution in [3.63, 3.8) is 0 Å². The van der Waals surface area contributed by atoms with E-state index in [1.54, 1.807) is 0 Å². The smallest absolute Gasteiger partial charge is 0.290 e. The molecule has 2 N–H and O–H groups in total. The monoisotopic (exact) mass is 239 g/mol. The Labute approximate surface area is 99.3 Å². The van der Waals surface area contributed by atoms with Crippen molar-refractivity contribution >= 4 is 5.91 Å². The first-order valence-electron chi connectivity index (χ1n) is 5.77. The topological polar surface area (TPSA) is 95.9 Å². The third-order valence-corrected chi connectivity index (χ3v) is 2.89. The van der Waals surface area contributed by atoms with Gasteiger partial charge >= 0.3 is 0 Å². The first-order chi connectivity index (χ1) is 8.04. The Morgan fingerprint density at radius 1 is 1.47 bits per heavy atom. The lowest BCUT2D eigenvalue weighted by Gasteiger charge is -2.31. The summed E-state index contributed by atoms with van der Waals surface area (Å²) in [4.78, 5) is 12.3. The normalized spacial score (nSPS) is 29.2. The zero-order valence-electron chi connectivity index (χ0n) is 10.0. The third-order valence-electron chi connectivity index (χ3n) is 2.89. The van der Waals surface area contributed by atoms with Crippen LogP contribution in [0.25, 0.3) is 0 Å². The average Bonchev–Trinajstić information content (AvgIpc) is 2.64. The van der Waals surface area contributed by atoms with Gasteiger partial charge in [0, 0.05) is 0 Å². The van der Waals surface area contributed by atoms with Crippen molar-refractivity contribution in [3.05, 3.63) is 5.82 Å². The lowest BCUT2D eigenvalue weighted by Crippen LogP contribution is -2.31.